The number of benzene rings is 1. The Hall–Kier alpha value is -1.40. The van der Waals surface area contributed by atoms with E-state index in [0.29, 0.717) is 6.54 Å². The molecule has 0 bridgehead atoms. The van der Waals surface area contributed by atoms with Crippen molar-refractivity contribution in [2.75, 3.05) is 13.3 Å². The molecule has 0 aliphatic heterocycles. The zero-order valence-corrected chi connectivity index (χ0v) is 12.5. The summed E-state index contributed by atoms with van der Waals surface area (Å²) in [5.74, 6) is -0.109. The third kappa shape index (κ3) is 4.33. The molecule has 1 aromatic rings. The van der Waals surface area contributed by atoms with Crippen LogP contribution in [0, 0.1) is 0 Å². The molecule has 0 spiro atoms. The Morgan fingerprint density at radius 1 is 1.21 bits per heavy atom. The first-order chi connectivity index (χ1) is 8.66. The summed E-state index contributed by atoms with van der Waals surface area (Å²) in [5, 5.41) is 5.71. The second-order valence-corrected chi connectivity index (χ2v) is 6.99. The number of hydrogen-bond donors (Lipinski definition) is 2. The lowest BCUT2D eigenvalue weighted by molar-refractivity contribution is -0.126. The van der Waals surface area contributed by atoms with Crippen molar-refractivity contribution in [2.45, 2.75) is 30.8 Å². The van der Waals surface area contributed by atoms with Gasteiger partial charge in [0.2, 0.25) is 5.91 Å². The minimum absolute atomic E-state index is 0.109. The molecule has 0 aromatic heterocycles. The highest BCUT2D eigenvalue weighted by atomic mass is 32.2. The number of amides is 1. The summed E-state index contributed by atoms with van der Waals surface area (Å²) < 4.78 is 22.6. The first-order valence-corrected chi connectivity index (χ1v) is 7.82. The van der Waals surface area contributed by atoms with Crippen LogP contribution in [-0.4, -0.2) is 33.2 Å². The van der Waals surface area contributed by atoms with Gasteiger partial charge in [0.05, 0.1) is 10.4 Å². The molecule has 1 aromatic carbocycles. The van der Waals surface area contributed by atoms with Crippen molar-refractivity contribution >= 4 is 15.7 Å². The van der Waals surface area contributed by atoms with Crippen LogP contribution in [0.5, 0.6) is 0 Å². The molecule has 0 atom stereocenters. The smallest absolute Gasteiger partial charge is 0.239 e. The third-order valence-electron chi connectivity index (χ3n) is 3.00. The van der Waals surface area contributed by atoms with E-state index in [-0.39, 0.29) is 10.8 Å². The van der Waals surface area contributed by atoms with Gasteiger partial charge in [-0.25, -0.2) is 8.42 Å². The van der Waals surface area contributed by atoms with Crippen LogP contribution in [0.3, 0.4) is 0 Å². The van der Waals surface area contributed by atoms with E-state index in [0.717, 1.165) is 5.56 Å². The van der Waals surface area contributed by atoms with E-state index in [2.05, 4.69) is 10.6 Å². The maximum atomic E-state index is 11.8. The number of carbonyl (C=O) groups excluding carboxylic acids is 1. The topological polar surface area (TPSA) is 75.3 Å². The summed E-state index contributed by atoms with van der Waals surface area (Å²) in [5.41, 5.74) is 0.222. The molecule has 106 valence electrons. The zero-order chi connectivity index (χ0) is 14.7. The van der Waals surface area contributed by atoms with Gasteiger partial charge in [-0.1, -0.05) is 12.1 Å². The third-order valence-corrected chi connectivity index (χ3v) is 4.13. The fraction of sp³-hybridized carbons (Fsp3) is 0.462. The van der Waals surface area contributed by atoms with Crippen LogP contribution in [0.15, 0.2) is 29.2 Å². The van der Waals surface area contributed by atoms with Crippen LogP contribution in [0.1, 0.15) is 19.4 Å². The van der Waals surface area contributed by atoms with Crippen molar-refractivity contribution in [1.82, 2.24) is 10.6 Å². The Morgan fingerprint density at radius 2 is 1.74 bits per heavy atom. The predicted octanol–water partition coefficient (Wildman–Crippen LogP) is 0.704. The van der Waals surface area contributed by atoms with Crippen LogP contribution in [-0.2, 0) is 21.2 Å². The molecule has 0 unspecified atom stereocenters. The van der Waals surface area contributed by atoms with Gasteiger partial charge >= 0.3 is 0 Å². The molecule has 0 radical (unpaired) electrons. The molecule has 6 heteroatoms. The predicted molar refractivity (Wildman–Crippen MR) is 74.5 cm³/mol. The van der Waals surface area contributed by atoms with Crippen molar-refractivity contribution in [3.8, 4) is 0 Å². The molecule has 2 N–H and O–H groups in total. The quantitative estimate of drug-likeness (QED) is 0.835. The lowest BCUT2D eigenvalue weighted by Gasteiger charge is -2.22. The minimum atomic E-state index is -3.18. The maximum absolute atomic E-state index is 11.8. The van der Waals surface area contributed by atoms with Crippen LogP contribution in [0.4, 0.5) is 0 Å². The molecule has 1 amide bonds. The van der Waals surface area contributed by atoms with Gasteiger partial charge in [-0.15, -0.1) is 0 Å². The Bertz CT molecular complexity index is 548. The van der Waals surface area contributed by atoms with Crippen LogP contribution in [0.25, 0.3) is 0 Å². The molecule has 0 heterocycles. The lowest BCUT2D eigenvalue weighted by Crippen LogP contribution is -2.50. The minimum Gasteiger partial charge on any atom is -0.350 e. The van der Waals surface area contributed by atoms with Crippen LogP contribution < -0.4 is 10.6 Å². The number of rotatable bonds is 5. The molecule has 0 aliphatic carbocycles. The average molecular weight is 284 g/mol. The van der Waals surface area contributed by atoms with Gasteiger partial charge in [0.15, 0.2) is 9.84 Å². The van der Waals surface area contributed by atoms with Gasteiger partial charge in [0.1, 0.15) is 0 Å². The van der Waals surface area contributed by atoms with Crippen molar-refractivity contribution in [3.05, 3.63) is 29.8 Å². The fourth-order valence-corrected chi connectivity index (χ4v) is 2.00. The Labute approximate surface area is 114 Å². The highest BCUT2D eigenvalue weighted by Gasteiger charge is 2.24. The van der Waals surface area contributed by atoms with Gasteiger partial charge in [0, 0.05) is 12.8 Å². The van der Waals surface area contributed by atoms with E-state index in [9.17, 15) is 13.2 Å². The highest BCUT2D eigenvalue weighted by molar-refractivity contribution is 7.90. The van der Waals surface area contributed by atoms with Gasteiger partial charge in [-0.05, 0) is 38.6 Å². The summed E-state index contributed by atoms with van der Waals surface area (Å²) >= 11 is 0. The lowest BCUT2D eigenvalue weighted by atomic mass is 10.1. The van der Waals surface area contributed by atoms with Crippen LogP contribution in [0.2, 0.25) is 0 Å². The van der Waals surface area contributed by atoms with Crippen molar-refractivity contribution in [1.29, 1.82) is 0 Å². The Balaban J connectivity index is 2.68. The zero-order valence-electron chi connectivity index (χ0n) is 11.6. The normalized spacial score (nSPS) is 12.2. The Kier molecular flexibility index (Phi) is 4.70. The monoisotopic (exact) mass is 284 g/mol. The van der Waals surface area contributed by atoms with E-state index >= 15 is 0 Å². The molecule has 0 saturated heterocycles. The number of sulfone groups is 1. The Morgan fingerprint density at radius 3 is 2.16 bits per heavy atom. The number of carbonyl (C=O) groups is 1. The molecule has 0 aliphatic rings. The summed E-state index contributed by atoms with van der Waals surface area (Å²) in [6.07, 6.45) is 1.17. The molecule has 19 heavy (non-hydrogen) atoms. The van der Waals surface area contributed by atoms with E-state index in [4.69, 9.17) is 0 Å². The van der Waals surface area contributed by atoms with Gasteiger partial charge in [0.25, 0.3) is 0 Å². The molecular formula is C13H20N2O3S. The first-order valence-electron chi connectivity index (χ1n) is 5.93. The molecular weight excluding hydrogens is 264 g/mol. The van der Waals surface area contributed by atoms with Gasteiger partial charge in [-0.3, -0.25) is 4.79 Å². The van der Waals surface area contributed by atoms with E-state index in [1.54, 1.807) is 45.2 Å². The van der Waals surface area contributed by atoms with Crippen molar-refractivity contribution in [3.63, 3.8) is 0 Å². The van der Waals surface area contributed by atoms with Crippen molar-refractivity contribution in [2.24, 2.45) is 0 Å². The number of likely N-dealkylation sites (N-methyl/N-ethyl adjacent to an activating group) is 1. The average Bonchev–Trinajstić information content (AvgIpc) is 2.35. The maximum Gasteiger partial charge on any atom is 0.239 e. The molecule has 1 rings (SSSR count). The van der Waals surface area contributed by atoms with E-state index in [1.165, 1.54) is 6.26 Å². The van der Waals surface area contributed by atoms with E-state index < -0.39 is 15.4 Å². The number of hydrogen-bond acceptors (Lipinski definition) is 4. The SMILES string of the molecule is CNC(C)(C)C(=O)NCc1ccc(S(C)(=O)=O)cc1. The summed E-state index contributed by atoms with van der Waals surface area (Å²) in [6.45, 7) is 3.94. The standard InChI is InChI=1S/C13H20N2O3S/c1-13(2,14-3)12(16)15-9-10-5-7-11(8-6-10)19(4,17)18/h5-8,14H,9H2,1-4H3,(H,15,16). The van der Waals surface area contributed by atoms with Gasteiger partial charge < -0.3 is 10.6 Å². The summed E-state index contributed by atoms with van der Waals surface area (Å²) in [7, 11) is -1.45. The first kappa shape index (κ1) is 15.7. The molecule has 0 saturated carbocycles. The fourth-order valence-electron chi connectivity index (χ4n) is 1.37. The summed E-state index contributed by atoms with van der Waals surface area (Å²) in [4.78, 5) is 12.1. The summed E-state index contributed by atoms with van der Waals surface area (Å²) in [6, 6.07) is 6.48. The second kappa shape index (κ2) is 5.71. The van der Waals surface area contributed by atoms with Crippen LogP contribution >= 0.6 is 0 Å². The highest BCUT2D eigenvalue weighted by Crippen LogP contribution is 2.10. The van der Waals surface area contributed by atoms with E-state index in [1.807, 2.05) is 0 Å². The number of nitrogens with one attached hydrogen (secondary N) is 2. The van der Waals surface area contributed by atoms with Gasteiger partial charge in [-0.2, -0.15) is 0 Å². The van der Waals surface area contributed by atoms with Crippen molar-refractivity contribution < 1.29 is 13.2 Å². The largest absolute Gasteiger partial charge is 0.350 e. The second-order valence-electron chi connectivity index (χ2n) is 4.97. The molecule has 5 nitrogen and oxygen atoms in total. The molecule has 0 fully saturated rings.